The van der Waals surface area contributed by atoms with Gasteiger partial charge in [-0.05, 0) is 125 Å². The molecule has 0 aliphatic heterocycles. The van der Waals surface area contributed by atoms with Crippen LogP contribution in [0.1, 0.15) is 50.7 Å². The fraction of sp³-hybridized carbons (Fsp3) is 0.211. The number of fused-ring (bicyclic) bond motifs is 5. The largest absolute Gasteiger partial charge is 0.454 e. The minimum Gasteiger partial charge on any atom is -0.454 e. The highest BCUT2D eigenvalue weighted by Crippen LogP contribution is 2.57. The molecule has 9 rings (SSSR count). The van der Waals surface area contributed by atoms with Crippen LogP contribution < -0.4 is 4.90 Å². The monoisotopic (exact) mass is 675 g/mol. The number of hydrogen-bond acceptors (Lipinski definition) is 2. The van der Waals surface area contributed by atoms with Crippen LogP contribution in [-0.4, -0.2) is 0 Å². The molecular formula is C38H31Br2NO. The Kier molecular flexibility index (Phi) is 6.00. The number of para-hydroxylation sites is 1. The number of halogens is 2. The van der Waals surface area contributed by atoms with E-state index in [0.29, 0.717) is 5.41 Å². The van der Waals surface area contributed by atoms with E-state index >= 15 is 0 Å². The van der Waals surface area contributed by atoms with Gasteiger partial charge in [0.2, 0.25) is 0 Å². The van der Waals surface area contributed by atoms with E-state index in [2.05, 4.69) is 148 Å². The van der Waals surface area contributed by atoms with Gasteiger partial charge in [-0.25, -0.2) is 0 Å². The van der Waals surface area contributed by atoms with Gasteiger partial charge in [0, 0.05) is 31.1 Å². The zero-order valence-corrected chi connectivity index (χ0v) is 26.9. The van der Waals surface area contributed by atoms with Crippen molar-refractivity contribution in [2.45, 2.75) is 50.4 Å². The summed E-state index contributed by atoms with van der Waals surface area (Å²) >= 11 is 7.26. The second-order valence-electron chi connectivity index (χ2n) is 12.6. The highest BCUT2D eigenvalue weighted by atomic mass is 79.9. The van der Waals surface area contributed by atoms with Gasteiger partial charge in [0.1, 0.15) is 5.58 Å². The number of anilines is 3. The first-order valence-corrected chi connectivity index (χ1v) is 16.3. The topological polar surface area (TPSA) is 16.4 Å². The molecule has 0 amide bonds. The molecule has 3 aliphatic carbocycles. The molecule has 1 fully saturated rings. The third kappa shape index (κ3) is 4.10. The molecular weight excluding hydrogens is 646 g/mol. The molecule has 1 saturated carbocycles. The van der Waals surface area contributed by atoms with Crippen LogP contribution in [0.25, 0.3) is 33.1 Å². The van der Waals surface area contributed by atoms with Crippen LogP contribution in [0.4, 0.5) is 17.1 Å². The lowest BCUT2D eigenvalue weighted by Crippen LogP contribution is -2.44. The van der Waals surface area contributed by atoms with Crippen LogP contribution in [0.2, 0.25) is 0 Å². The van der Waals surface area contributed by atoms with Crippen LogP contribution in [0.3, 0.4) is 0 Å². The standard InChI is InChI=1S/C38H31Br2NO/c1-37-17-19-38(2,20-18-37)33-22-24(7-16-32(33)37)25-21-31-30-5-3-4-6-35(30)42-36(31)34(23-25)41(28-12-8-26(39)9-13-28)29-14-10-27(40)11-15-29/h3-16,21-23H,17-20H2,1-2H3. The van der Waals surface area contributed by atoms with E-state index < -0.39 is 0 Å². The summed E-state index contributed by atoms with van der Waals surface area (Å²) in [5, 5.41) is 2.27. The van der Waals surface area contributed by atoms with Crippen LogP contribution in [-0.2, 0) is 10.8 Å². The van der Waals surface area contributed by atoms with E-state index in [9.17, 15) is 0 Å². The Morgan fingerprint density at radius 2 is 1.19 bits per heavy atom. The van der Waals surface area contributed by atoms with Crippen LogP contribution in [0.15, 0.2) is 116 Å². The summed E-state index contributed by atoms with van der Waals surface area (Å²) < 4.78 is 8.75. The number of benzene rings is 5. The normalized spacial score (nSPS) is 21.1. The number of hydrogen-bond donors (Lipinski definition) is 0. The molecule has 0 radical (unpaired) electrons. The first-order valence-electron chi connectivity index (χ1n) is 14.7. The van der Waals surface area contributed by atoms with E-state index in [1.54, 1.807) is 11.1 Å². The van der Waals surface area contributed by atoms with Crippen molar-refractivity contribution in [3.63, 3.8) is 0 Å². The van der Waals surface area contributed by atoms with Crippen LogP contribution >= 0.6 is 31.9 Å². The molecule has 0 atom stereocenters. The van der Waals surface area contributed by atoms with Crippen molar-refractivity contribution in [2.75, 3.05) is 4.90 Å². The number of nitrogens with zero attached hydrogens (tertiary/aromatic N) is 1. The Labute approximate surface area is 263 Å². The SMILES string of the molecule is CC12CCC(C)(CC1)c1cc(-c3cc(N(c4ccc(Br)cc4)c4ccc(Br)cc4)c4oc5ccccc5c4c3)ccc12. The van der Waals surface area contributed by atoms with E-state index in [1.807, 2.05) is 6.07 Å². The minimum absolute atomic E-state index is 0.263. The lowest BCUT2D eigenvalue weighted by atomic mass is 9.52. The highest BCUT2D eigenvalue weighted by Gasteiger charge is 2.47. The lowest BCUT2D eigenvalue weighted by molar-refractivity contribution is 0.188. The lowest BCUT2D eigenvalue weighted by Gasteiger charge is -2.52. The maximum Gasteiger partial charge on any atom is 0.159 e. The minimum atomic E-state index is 0.263. The van der Waals surface area contributed by atoms with Gasteiger partial charge in [-0.3, -0.25) is 0 Å². The Bertz CT molecular complexity index is 1930. The second-order valence-corrected chi connectivity index (χ2v) is 14.5. The fourth-order valence-corrected chi connectivity index (χ4v) is 7.92. The van der Waals surface area contributed by atoms with Gasteiger partial charge < -0.3 is 9.32 Å². The van der Waals surface area contributed by atoms with Gasteiger partial charge in [0.25, 0.3) is 0 Å². The summed E-state index contributed by atoms with van der Waals surface area (Å²) in [5.41, 5.74) is 11.1. The molecule has 1 heterocycles. The summed E-state index contributed by atoms with van der Waals surface area (Å²) in [7, 11) is 0. The molecule has 0 N–H and O–H groups in total. The van der Waals surface area contributed by atoms with Gasteiger partial charge in [-0.15, -0.1) is 0 Å². The summed E-state index contributed by atoms with van der Waals surface area (Å²) in [6.45, 7) is 4.95. The second kappa shape index (κ2) is 9.59. The van der Waals surface area contributed by atoms with Crippen molar-refractivity contribution in [2.24, 2.45) is 0 Å². The smallest absolute Gasteiger partial charge is 0.159 e. The van der Waals surface area contributed by atoms with Gasteiger partial charge >= 0.3 is 0 Å². The Morgan fingerprint density at radius 1 is 0.595 bits per heavy atom. The maximum atomic E-state index is 6.65. The predicted molar refractivity (Wildman–Crippen MR) is 182 cm³/mol. The van der Waals surface area contributed by atoms with E-state index in [1.165, 1.54) is 36.8 Å². The first-order chi connectivity index (χ1) is 20.3. The molecule has 208 valence electrons. The van der Waals surface area contributed by atoms with Crippen molar-refractivity contribution in [3.05, 3.63) is 123 Å². The molecule has 6 aromatic rings. The van der Waals surface area contributed by atoms with Gasteiger partial charge in [0.05, 0.1) is 5.69 Å². The number of rotatable bonds is 4. The molecule has 0 spiro atoms. The van der Waals surface area contributed by atoms with Crippen molar-refractivity contribution >= 4 is 70.9 Å². The maximum absolute atomic E-state index is 6.65. The third-order valence-corrected chi connectivity index (χ3v) is 11.0. The summed E-state index contributed by atoms with van der Waals surface area (Å²) in [6.07, 6.45) is 5.14. The van der Waals surface area contributed by atoms with Crippen molar-refractivity contribution < 1.29 is 4.42 Å². The van der Waals surface area contributed by atoms with Gasteiger partial charge in [0.15, 0.2) is 5.58 Å². The fourth-order valence-electron chi connectivity index (χ4n) is 7.39. The average molecular weight is 677 g/mol. The van der Waals surface area contributed by atoms with E-state index in [0.717, 1.165) is 47.9 Å². The molecule has 0 saturated heterocycles. The van der Waals surface area contributed by atoms with Gasteiger partial charge in [-0.2, -0.15) is 0 Å². The first kappa shape index (κ1) is 26.3. The molecule has 4 heteroatoms. The molecule has 5 aromatic carbocycles. The van der Waals surface area contributed by atoms with E-state index in [4.69, 9.17) is 4.42 Å². The Balaban J connectivity index is 1.40. The average Bonchev–Trinajstić information content (AvgIpc) is 3.39. The Morgan fingerprint density at radius 3 is 1.83 bits per heavy atom. The summed E-state index contributed by atoms with van der Waals surface area (Å²) in [5.74, 6) is 0. The molecule has 0 unspecified atom stereocenters. The van der Waals surface area contributed by atoms with Crippen LogP contribution in [0.5, 0.6) is 0 Å². The van der Waals surface area contributed by atoms with Gasteiger partial charge in [-0.1, -0.05) is 82.1 Å². The van der Waals surface area contributed by atoms with Crippen LogP contribution in [0, 0.1) is 0 Å². The molecule has 42 heavy (non-hydrogen) atoms. The summed E-state index contributed by atoms with van der Waals surface area (Å²) in [6, 6.07) is 37.3. The third-order valence-electron chi connectivity index (χ3n) is 9.98. The van der Waals surface area contributed by atoms with Crippen molar-refractivity contribution in [3.8, 4) is 11.1 Å². The van der Waals surface area contributed by atoms with Crippen molar-refractivity contribution in [1.29, 1.82) is 0 Å². The molecule has 3 aliphatic rings. The predicted octanol–water partition coefficient (Wildman–Crippen LogP) is 12.4. The Hall–Kier alpha value is -3.34. The zero-order valence-electron chi connectivity index (χ0n) is 23.8. The van der Waals surface area contributed by atoms with Crippen molar-refractivity contribution in [1.82, 2.24) is 0 Å². The highest BCUT2D eigenvalue weighted by molar-refractivity contribution is 9.10. The quantitative estimate of drug-likeness (QED) is 0.185. The molecule has 1 aromatic heterocycles. The molecule has 2 nitrogen and oxygen atoms in total. The van der Waals surface area contributed by atoms with E-state index in [-0.39, 0.29) is 5.41 Å². The zero-order chi connectivity index (χ0) is 28.6. The summed E-state index contributed by atoms with van der Waals surface area (Å²) in [4.78, 5) is 2.32. The molecule has 2 bridgehead atoms. The number of furan rings is 1.